The summed E-state index contributed by atoms with van der Waals surface area (Å²) in [6.45, 7) is 14.3. The van der Waals surface area contributed by atoms with Crippen LogP contribution in [0.15, 0.2) is 40.8 Å². The SMILES string of the molecule is CN1CN(c2cccc(C(C)(C)C)c2)C2=C1C=NC(C(C)(C)C)N2. The highest BCUT2D eigenvalue weighted by atomic mass is 15.4. The molecule has 0 aromatic heterocycles. The number of hydrogen-bond acceptors (Lipinski definition) is 4. The van der Waals surface area contributed by atoms with Gasteiger partial charge in [0, 0.05) is 18.2 Å². The number of anilines is 1. The zero-order valence-corrected chi connectivity index (χ0v) is 16.0. The van der Waals surface area contributed by atoms with Crippen LogP contribution in [0.25, 0.3) is 0 Å². The van der Waals surface area contributed by atoms with Gasteiger partial charge in [0.1, 0.15) is 12.0 Å². The van der Waals surface area contributed by atoms with Crippen LogP contribution in [0.3, 0.4) is 0 Å². The highest BCUT2D eigenvalue weighted by Gasteiger charge is 2.35. The van der Waals surface area contributed by atoms with Crippen molar-refractivity contribution < 1.29 is 0 Å². The smallest absolute Gasteiger partial charge is 0.135 e. The largest absolute Gasteiger partial charge is 0.352 e. The molecule has 130 valence electrons. The van der Waals surface area contributed by atoms with Crippen molar-refractivity contribution in [1.82, 2.24) is 10.2 Å². The van der Waals surface area contributed by atoms with Gasteiger partial charge in [0.25, 0.3) is 0 Å². The Kier molecular flexibility index (Phi) is 3.89. The van der Waals surface area contributed by atoms with Crippen LogP contribution in [-0.4, -0.2) is 31.0 Å². The van der Waals surface area contributed by atoms with Gasteiger partial charge in [-0.2, -0.15) is 0 Å². The molecule has 0 spiro atoms. The number of nitrogens with one attached hydrogen (secondary N) is 1. The Morgan fingerprint density at radius 3 is 2.46 bits per heavy atom. The van der Waals surface area contributed by atoms with Crippen LogP contribution >= 0.6 is 0 Å². The second-order valence-electron chi connectivity index (χ2n) is 8.99. The molecule has 1 N–H and O–H groups in total. The number of benzene rings is 1. The third kappa shape index (κ3) is 3.02. The highest BCUT2D eigenvalue weighted by Crippen LogP contribution is 2.34. The van der Waals surface area contributed by atoms with Gasteiger partial charge in [-0.05, 0) is 23.1 Å². The van der Waals surface area contributed by atoms with E-state index in [4.69, 9.17) is 4.99 Å². The van der Waals surface area contributed by atoms with E-state index >= 15 is 0 Å². The number of nitrogens with zero attached hydrogens (tertiary/aromatic N) is 3. The van der Waals surface area contributed by atoms with Crippen molar-refractivity contribution in [3.8, 4) is 0 Å². The highest BCUT2D eigenvalue weighted by molar-refractivity contribution is 5.83. The fourth-order valence-corrected chi connectivity index (χ4v) is 3.09. The monoisotopic (exact) mass is 326 g/mol. The summed E-state index contributed by atoms with van der Waals surface area (Å²) in [5, 5.41) is 3.66. The number of aliphatic imine (C=N–C) groups is 1. The van der Waals surface area contributed by atoms with Crippen molar-refractivity contribution >= 4 is 11.9 Å². The molecule has 4 heteroatoms. The Hall–Kier alpha value is -1.97. The predicted octanol–water partition coefficient (Wildman–Crippen LogP) is 3.91. The first-order valence-corrected chi connectivity index (χ1v) is 8.70. The predicted molar refractivity (Wildman–Crippen MR) is 102 cm³/mol. The molecule has 1 aromatic rings. The van der Waals surface area contributed by atoms with Crippen LogP contribution in [-0.2, 0) is 5.41 Å². The van der Waals surface area contributed by atoms with E-state index in [1.807, 2.05) is 6.21 Å². The van der Waals surface area contributed by atoms with Gasteiger partial charge < -0.3 is 15.1 Å². The molecule has 1 aromatic carbocycles. The lowest BCUT2D eigenvalue weighted by molar-refractivity contribution is 0.289. The fourth-order valence-electron chi connectivity index (χ4n) is 3.09. The number of allylic oxidation sites excluding steroid dienone is 1. The van der Waals surface area contributed by atoms with Crippen molar-refractivity contribution in [1.29, 1.82) is 0 Å². The van der Waals surface area contributed by atoms with Gasteiger partial charge in [-0.15, -0.1) is 0 Å². The summed E-state index contributed by atoms with van der Waals surface area (Å²) >= 11 is 0. The molecule has 2 heterocycles. The molecule has 0 saturated carbocycles. The molecule has 2 aliphatic heterocycles. The van der Waals surface area contributed by atoms with Crippen molar-refractivity contribution in [3.05, 3.63) is 41.3 Å². The molecule has 1 unspecified atom stereocenters. The van der Waals surface area contributed by atoms with E-state index in [0.717, 1.165) is 12.4 Å². The van der Waals surface area contributed by atoms with Gasteiger partial charge >= 0.3 is 0 Å². The summed E-state index contributed by atoms with van der Waals surface area (Å²) in [4.78, 5) is 9.32. The molecule has 0 radical (unpaired) electrons. The lowest BCUT2D eigenvalue weighted by atomic mass is 9.87. The molecule has 1 atom stereocenters. The Labute approximate surface area is 146 Å². The van der Waals surface area contributed by atoms with E-state index in [-0.39, 0.29) is 17.0 Å². The molecule has 3 rings (SSSR count). The molecule has 0 fully saturated rings. The summed E-state index contributed by atoms with van der Waals surface area (Å²) in [5.41, 5.74) is 3.98. The molecule has 2 aliphatic rings. The lowest BCUT2D eigenvalue weighted by Crippen LogP contribution is -2.44. The van der Waals surface area contributed by atoms with Crippen molar-refractivity contribution in [2.24, 2.45) is 10.4 Å². The minimum Gasteiger partial charge on any atom is -0.352 e. The van der Waals surface area contributed by atoms with Crippen LogP contribution in [0, 0.1) is 5.41 Å². The Morgan fingerprint density at radius 1 is 1.12 bits per heavy atom. The van der Waals surface area contributed by atoms with E-state index < -0.39 is 0 Å². The molecule has 0 bridgehead atoms. The Bertz CT molecular complexity index is 688. The maximum atomic E-state index is 4.72. The number of rotatable bonds is 1. The molecule has 4 nitrogen and oxygen atoms in total. The quantitative estimate of drug-likeness (QED) is 0.849. The number of hydrogen-bond donors (Lipinski definition) is 1. The normalized spacial score (nSPS) is 21.2. The second-order valence-corrected chi connectivity index (χ2v) is 8.99. The standard InChI is InChI=1S/C20H30N4/c1-19(2,3)14-9-8-10-15(11-14)24-13-23(7)16-12-21-18(20(4,5)6)22-17(16)24/h8-12,18,22H,13H2,1-7H3. The fraction of sp³-hybridized carbons (Fsp3) is 0.550. The molecule has 24 heavy (non-hydrogen) atoms. The Balaban J connectivity index is 1.96. The lowest BCUT2D eigenvalue weighted by Gasteiger charge is -2.34. The van der Waals surface area contributed by atoms with Crippen LogP contribution in [0.4, 0.5) is 5.69 Å². The van der Waals surface area contributed by atoms with Crippen molar-refractivity contribution in [2.45, 2.75) is 53.1 Å². The maximum Gasteiger partial charge on any atom is 0.135 e. The van der Waals surface area contributed by atoms with Gasteiger partial charge in [0.15, 0.2) is 0 Å². The third-order valence-corrected chi connectivity index (χ3v) is 4.74. The summed E-state index contributed by atoms with van der Waals surface area (Å²) in [7, 11) is 2.12. The summed E-state index contributed by atoms with van der Waals surface area (Å²) in [5.74, 6) is 1.17. The third-order valence-electron chi connectivity index (χ3n) is 4.74. The van der Waals surface area contributed by atoms with E-state index in [1.54, 1.807) is 0 Å². The van der Waals surface area contributed by atoms with E-state index in [9.17, 15) is 0 Å². The van der Waals surface area contributed by atoms with Crippen LogP contribution in [0.5, 0.6) is 0 Å². The maximum absolute atomic E-state index is 4.72. The molecule has 0 aliphatic carbocycles. The first-order valence-electron chi connectivity index (χ1n) is 8.70. The molecule has 0 amide bonds. The average molecular weight is 326 g/mol. The van der Waals surface area contributed by atoms with Crippen LogP contribution < -0.4 is 10.2 Å². The summed E-state index contributed by atoms with van der Waals surface area (Å²) in [6, 6.07) is 8.88. The van der Waals surface area contributed by atoms with Crippen molar-refractivity contribution in [3.63, 3.8) is 0 Å². The van der Waals surface area contributed by atoms with Gasteiger partial charge in [0.2, 0.25) is 0 Å². The van der Waals surface area contributed by atoms with Gasteiger partial charge in [-0.3, -0.25) is 4.99 Å². The van der Waals surface area contributed by atoms with Gasteiger partial charge in [0.05, 0.1) is 18.6 Å². The molecular weight excluding hydrogens is 296 g/mol. The first kappa shape index (κ1) is 16.9. The van der Waals surface area contributed by atoms with E-state index in [0.29, 0.717) is 0 Å². The second kappa shape index (κ2) is 5.54. The van der Waals surface area contributed by atoms with Crippen LogP contribution in [0.1, 0.15) is 47.1 Å². The average Bonchev–Trinajstić information content (AvgIpc) is 2.82. The minimum atomic E-state index is 0.0785. The zero-order chi connectivity index (χ0) is 17.7. The van der Waals surface area contributed by atoms with Crippen molar-refractivity contribution in [2.75, 3.05) is 18.6 Å². The van der Waals surface area contributed by atoms with Gasteiger partial charge in [-0.1, -0.05) is 53.7 Å². The van der Waals surface area contributed by atoms with E-state index in [2.05, 4.69) is 88.0 Å². The molecular formula is C20H30N4. The summed E-state index contributed by atoms with van der Waals surface area (Å²) in [6.07, 6.45) is 2.12. The zero-order valence-electron chi connectivity index (χ0n) is 16.0. The molecule has 0 saturated heterocycles. The topological polar surface area (TPSA) is 30.9 Å². The van der Waals surface area contributed by atoms with Crippen LogP contribution in [0.2, 0.25) is 0 Å². The van der Waals surface area contributed by atoms with Gasteiger partial charge in [-0.25, -0.2) is 0 Å². The van der Waals surface area contributed by atoms with E-state index in [1.165, 1.54) is 17.1 Å². The Morgan fingerprint density at radius 2 is 1.83 bits per heavy atom. The summed E-state index contributed by atoms with van der Waals surface area (Å²) < 4.78 is 0. The first-order chi connectivity index (χ1) is 11.1. The minimum absolute atomic E-state index is 0.0785.